The van der Waals surface area contributed by atoms with E-state index < -0.39 is 0 Å². The average Bonchev–Trinajstić information content (AvgIpc) is 2.75. The number of nitrogens with zero attached hydrogens (tertiary/aromatic N) is 2. The van der Waals surface area contributed by atoms with Crippen LogP contribution in [0.1, 0.15) is 66.2 Å². The van der Waals surface area contributed by atoms with Gasteiger partial charge in [0.15, 0.2) is 0 Å². The molecule has 2 aromatic rings. The topological polar surface area (TPSA) is 65.5 Å². The van der Waals surface area contributed by atoms with Crippen LogP contribution in [0.3, 0.4) is 0 Å². The summed E-state index contributed by atoms with van der Waals surface area (Å²) in [5.41, 5.74) is 4.48. The smallest absolute Gasteiger partial charge is 0.272 e. The second-order valence-electron chi connectivity index (χ2n) is 8.52. The quantitative estimate of drug-likeness (QED) is 0.831. The first-order valence-electron chi connectivity index (χ1n) is 10.8. The monoisotopic (exact) mass is 393 g/mol. The Bertz CT molecular complexity index is 868. The molecule has 1 aromatic carbocycles. The van der Waals surface area contributed by atoms with Gasteiger partial charge in [0.2, 0.25) is 0 Å². The van der Waals surface area contributed by atoms with Crippen LogP contribution < -0.4 is 5.32 Å². The van der Waals surface area contributed by atoms with Crippen molar-refractivity contribution in [2.45, 2.75) is 45.4 Å². The summed E-state index contributed by atoms with van der Waals surface area (Å²) >= 11 is 0. The normalized spacial score (nSPS) is 20.3. The van der Waals surface area contributed by atoms with Crippen molar-refractivity contribution >= 4 is 5.91 Å². The fraction of sp³-hybridized carbons (Fsp3) is 0.500. The lowest BCUT2D eigenvalue weighted by Gasteiger charge is -2.45. The van der Waals surface area contributed by atoms with E-state index in [4.69, 9.17) is 0 Å². The van der Waals surface area contributed by atoms with Gasteiger partial charge >= 0.3 is 0 Å². The molecule has 1 atom stereocenters. The van der Waals surface area contributed by atoms with E-state index in [9.17, 15) is 9.90 Å². The Hall–Kier alpha value is -2.40. The Labute approximate surface area is 173 Å². The third-order valence-corrected chi connectivity index (χ3v) is 6.83. The lowest BCUT2D eigenvalue weighted by Crippen LogP contribution is -2.41. The number of aromatic nitrogens is 1. The Balaban J connectivity index is 1.67. The molecule has 1 amide bonds. The van der Waals surface area contributed by atoms with Crippen molar-refractivity contribution in [2.24, 2.45) is 5.41 Å². The Kier molecular flexibility index (Phi) is 5.59. The number of rotatable bonds is 4. The minimum absolute atomic E-state index is 0.0157. The standard InChI is InChI=1S/C24H31N3O2/c1-3-27(4-2)23(29)22-8-6-18(16-26-22)21-15-24(9-11-25-12-10-24)14-17-5-7-19(28)13-20(17)21/h5-8,13,16,21,25,28H,3-4,9-12,14-15H2,1-2H3. The largest absolute Gasteiger partial charge is 0.508 e. The van der Waals surface area contributed by atoms with Crippen LogP contribution in [0.5, 0.6) is 5.75 Å². The zero-order valence-corrected chi connectivity index (χ0v) is 17.4. The van der Waals surface area contributed by atoms with E-state index in [2.05, 4.69) is 22.4 Å². The molecule has 5 heteroatoms. The average molecular weight is 394 g/mol. The maximum Gasteiger partial charge on any atom is 0.272 e. The number of nitrogens with one attached hydrogen (secondary N) is 1. The van der Waals surface area contributed by atoms with Gasteiger partial charge in [0.1, 0.15) is 11.4 Å². The predicted octanol–water partition coefficient (Wildman–Crippen LogP) is 3.72. The second kappa shape index (κ2) is 8.15. The molecule has 0 bridgehead atoms. The Morgan fingerprint density at radius 3 is 2.62 bits per heavy atom. The molecule has 1 saturated heterocycles. The van der Waals surface area contributed by atoms with Gasteiger partial charge in [-0.3, -0.25) is 9.78 Å². The first-order valence-corrected chi connectivity index (χ1v) is 10.8. The molecule has 2 N–H and O–H groups in total. The van der Waals surface area contributed by atoms with E-state index in [1.54, 1.807) is 11.0 Å². The molecule has 29 heavy (non-hydrogen) atoms. The molecule has 1 aliphatic carbocycles. The molecular formula is C24H31N3O2. The number of aromatic hydroxyl groups is 1. The van der Waals surface area contributed by atoms with Gasteiger partial charge in [0.25, 0.3) is 5.91 Å². The number of phenols is 1. The molecule has 5 nitrogen and oxygen atoms in total. The van der Waals surface area contributed by atoms with Gasteiger partial charge in [-0.15, -0.1) is 0 Å². The predicted molar refractivity (Wildman–Crippen MR) is 114 cm³/mol. The summed E-state index contributed by atoms with van der Waals surface area (Å²) in [5, 5.41) is 13.6. The minimum atomic E-state index is -0.0157. The Morgan fingerprint density at radius 2 is 1.97 bits per heavy atom. The van der Waals surface area contributed by atoms with Crippen molar-refractivity contribution in [3.63, 3.8) is 0 Å². The number of carbonyl (C=O) groups is 1. The minimum Gasteiger partial charge on any atom is -0.508 e. The number of amides is 1. The van der Waals surface area contributed by atoms with Crippen LogP contribution in [-0.2, 0) is 6.42 Å². The Morgan fingerprint density at radius 1 is 1.21 bits per heavy atom. The molecule has 0 radical (unpaired) electrons. The summed E-state index contributed by atoms with van der Waals surface area (Å²) < 4.78 is 0. The zero-order chi connectivity index (χ0) is 20.4. The van der Waals surface area contributed by atoms with E-state index >= 15 is 0 Å². The van der Waals surface area contributed by atoms with Gasteiger partial charge in [-0.2, -0.15) is 0 Å². The third-order valence-electron chi connectivity index (χ3n) is 6.83. The number of fused-ring (bicyclic) bond motifs is 1. The lowest BCUT2D eigenvalue weighted by molar-refractivity contribution is 0.0767. The fourth-order valence-electron chi connectivity index (χ4n) is 5.13. The SMILES string of the molecule is CCN(CC)C(=O)c1ccc(C2CC3(CCNCC3)Cc3ccc(O)cc32)cn1. The van der Waals surface area contributed by atoms with Crippen LogP contribution in [0.25, 0.3) is 0 Å². The van der Waals surface area contributed by atoms with Crippen LogP contribution in [0.4, 0.5) is 0 Å². The fourth-order valence-corrected chi connectivity index (χ4v) is 5.13. The van der Waals surface area contributed by atoms with Gasteiger partial charge in [0.05, 0.1) is 0 Å². The first-order chi connectivity index (χ1) is 14.0. The molecule has 154 valence electrons. The van der Waals surface area contributed by atoms with Crippen molar-refractivity contribution in [2.75, 3.05) is 26.2 Å². The van der Waals surface area contributed by atoms with E-state index in [1.807, 2.05) is 32.2 Å². The summed E-state index contributed by atoms with van der Waals surface area (Å²) in [6.07, 6.45) is 6.36. The molecule has 1 spiro atoms. The van der Waals surface area contributed by atoms with Crippen molar-refractivity contribution in [3.8, 4) is 5.75 Å². The third kappa shape index (κ3) is 3.88. The molecule has 4 rings (SSSR count). The van der Waals surface area contributed by atoms with Gasteiger partial charge in [0, 0.05) is 25.2 Å². The van der Waals surface area contributed by atoms with Gasteiger partial charge in [-0.05, 0) is 92.9 Å². The van der Waals surface area contributed by atoms with Crippen LogP contribution in [-0.4, -0.2) is 47.1 Å². The van der Waals surface area contributed by atoms with E-state index in [1.165, 1.54) is 24.0 Å². The summed E-state index contributed by atoms with van der Waals surface area (Å²) in [6.45, 7) is 7.47. The van der Waals surface area contributed by atoms with E-state index in [0.717, 1.165) is 31.5 Å². The van der Waals surface area contributed by atoms with E-state index in [0.29, 0.717) is 29.9 Å². The summed E-state index contributed by atoms with van der Waals surface area (Å²) in [6, 6.07) is 9.74. The number of carbonyl (C=O) groups excluding carboxylic acids is 1. The summed E-state index contributed by atoms with van der Waals surface area (Å²) in [7, 11) is 0. The molecular weight excluding hydrogens is 362 g/mol. The highest BCUT2D eigenvalue weighted by Gasteiger charge is 2.40. The lowest BCUT2D eigenvalue weighted by atomic mass is 9.62. The van der Waals surface area contributed by atoms with Crippen molar-refractivity contribution < 1.29 is 9.90 Å². The number of hydrogen-bond donors (Lipinski definition) is 2. The maximum absolute atomic E-state index is 12.6. The van der Waals surface area contributed by atoms with Crippen LogP contribution in [0.15, 0.2) is 36.5 Å². The van der Waals surface area contributed by atoms with Gasteiger partial charge < -0.3 is 15.3 Å². The number of phenolic OH excluding ortho intramolecular Hbond substituents is 1. The molecule has 1 aliphatic heterocycles. The van der Waals surface area contributed by atoms with Gasteiger partial charge in [-0.1, -0.05) is 12.1 Å². The second-order valence-corrected chi connectivity index (χ2v) is 8.52. The van der Waals surface area contributed by atoms with Crippen LogP contribution >= 0.6 is 0 Å². The number of benzene rings is 1. The zero-order valence-electron chi connectivity index (χ0n) is 17.4. The highest BCUT2D eigenvalue weighted by atomic mass is 16.3. The first kappa shape index (κ1) is 19.9. The van der Waals surface area contributed by atoms with Crippen LogP contribution in [0, 0.1) is 5.41 Å². The van der Waals surface area contributed by atoms with Crippen LogP contribution in [0.2, 0.25) is 0 Å². The van der Waals surface area contributed by atoms with Crippen molar-refractivity contribution in [1.29, 1.82) is 0 Å². The maximum atomic E-state index is 12.6. The molecule has 1 fully saturated rings. The number of piperidine rings is 1. The molecule has 2 heterocycles. The molecule has 0 saturated carbocycles. The summed E-state index contributed by atoms with van der Waals surface area (Å²) in [5.74, 6) is 0.503. The molecule has 1 aromatic heterocycles. The summed E-state index contributed by atoms with van der Waals surface area (Å²) in [4.78, 5) is 18.9. The highest BCUT2D eigenvalue weighted by molar-refractivity contribution is 5.92. The van der Waals surface area contributed by atoms with Gasteiger partial charge in [-0.25, -0.2) is 0 Å². The van der Waals surface area contributed by atoms with Crippen molar-refractivity contribution in [3.05, 3.63) is 58.9 Å². The molecule has 1 unspecified atom stereocenters. The van der Waals surface area contributed by atoms with E-state index in [-0.39, 0.29) is 11.8 Å². The number of hydrogen-bond acceptors (Lipinski definition) is 4. The highest BCUT2D eigenvalue weighted by Crippen LogP contribution is 2.50. The van der Waals surface area contributed by atoms with Crippen molar-refractivity contribution in [1.82, 2.24) is 15.2 Å². The number of pyridine rings is 1. The molecule has 2 aliphatic rings.